The molecule has 25 heavy (non-hydrogen) atoms. The van der Waals surface area contributed by atoms with E-state index in [1.165, 1.54) is 5.56 Å². The minimum atomic E-state index is 0.0272. The van der Waals surface area contributed by atoms with Gasteiger partial charge >= 0.3 is 0 Å². The van der Waals surface area contributed by atoms with Crippen molar-refractivity contribution in [3.05, 3.63) is 65.0 Å². The fourth-order valence-electron chi connectivity index (χ4n) is 3.78. The van der Waals surface area contributed by atoms with Crippen LogP contribution in [0.3, 0.4) is 0 Å². The van der Waals surface area contributed by atoms with E-state index >= 15 is 0 Å². The number of hydrogen-bond donors (Lipinski definition) is 1. The Morgan fingerprint density at radius 3 is 2.80 bits per heavy atom. The van der Waals surface area contributed by atoms with Gasteiger partial charge in [0, 0.05) is 18.0 Å². The van der Waals surface area contributed by atoms with Gasteiger partial charge in [0.05, 0.1) is 11.0 Å². The van der Waals surface area contributed by atoms with E-state index in [4.69, 9.17) is 0 Å². The monoisotopic (exact) mass is 333 g/mol. The Balaban J connectivity index is 1.84. The Hall–Kier alpha value is -2.46. The minimum Gasteiger partial charge on any atom is -0.317 e. The Labute approximate surface area is 147 Å². The highest BCUT2D eigenvalue weighted by atomic mass is 16.2. The molecule has 0 radical (unpaired) electrons. The third-order valence-electron chi connectivity index (χ3n) is 5.21. The van der Waals surface area contributed by atoms with Gasteiger partial charge in [-0.3, -0.25) is 14.3 Å². The molecule has 1 saturated heterocycles. The van der Waals surface area contributed by atoms with E-state index in [-0.39, 0.29) is 5.91 Å². The van der Waals surface area contributed by atoms with Gasteiger partial charge in [-0.25, -0.2) is 0 Å². The highest BCUT2D eigenvalue weighted by Crippen LogP contribution is 2.32. The van der Waals surface area contributed by atoms with E-state index < -0.39 is 0 Å². The van der Waals surface area contributed by atoms with Gasteiger partial charge in [-0.15, -0.1) is 0 Å². The van der Waals surface area contributed by atoms with Crippen molar-refractivity contribution in [3.63, 3.8) is 0 Å². The summed E-state index contributed by atoms with van der Waals surface area (Å²) in [6, 6.07) is 9.93. The molecule has 3 heterocycles. The van der Waals surface area contributed by atoms with E-state index in [9.17, 15) is 4.79 Å². The van der Waals surface area contributed by atoms with Crippen molar-refractivity contribution in [2.45, 2.75) is 32.6 Å². The molecule has 3 aromatic rings. The number of piperidine rings is 1. The average Bonchev–Trinajstić information content (AvgIpc) is 3.03. The Kier molecular flexibility index (Phi) is 4.14. The molecular weight excluding hydrogens is 310 g/mol. The molecule has 1 aromatic carbocycles. The molecule has 0 amide bonds. The summed E-state index contributed by atoms with van der Waals surface area (Å²) in [5, 5.41) is 3.41. The van der Waals surface area contributed by atoms with Crippen LogP contribution in [0.4, 0.5) is 0 Å². The number of hydrogen-bond acceptors (Lipinski definition) is 3. The van der Waals surface area contributed by atoms with E-state index in [1.807, 2.05) is 56.6 Å². The van der Waals surface area contributed by atoms with Crippen molar-refractivity contribution in [1.82, 2.24) is 14.9 Å². The molecule has 2 aromatic heterocycles. The first-order valence-corrected chi connectivity index (χ1v) is 8.94. The normalized spacial score (nSPS) is 15.6. The SMILES string of the molecule is Cc1ccc(C)c(C(=O)n2cc(C3CCNCC3)c3ncccc32)c1. The predicted octanol–water partition coefficient (Wildman–Crippen LogP) is 3.81. The summed E-state index contributed by atoms with van der Waals surface area (Å²) in [4.78, 5) is 17.9. The van der Waals surface area contributed by atoms with Crippen molar-refractivity contribution in [2.75, 3.05) is 13.1 Å². The van der Waals surface area contributed by atoms with Crippen LogP contribution in [0.1, 0.15) is 45.8 Å². The third kappa shape index (κ3) is 2.87. The number of rotatable bonds is 2. The zero-order chi connectivity index (χ0) is 17.4. The molecule has 0 saturated carbocycles. The van der Waals surface area contributed by atoms with Crippen LogP contribution in [-0.2, 0) is 0 Å². The Morgan fingerprint density at radius 2 is 2.00 bits per heavy atom. The van der Waals surface area contributed by atoms with Crippen LogP contribution in [0.15, 0.2) is 42.7 Å². The second-order valence-electron chi connectivity index (χ2n) is 6.97. The van der Waals surface area contributed by atoms with Crippen LogP contribution < -0.4 is 5.32 Å². The maximum absolute atomic E-state index is 13.3. The van der Waals surface area contributed by atoms with Gasteiger partial charge < -0.3 is 5.32 Å². The van der Waals surface area contributed by atoms with Crippen molar-refractivity contribution < 1.29 is 4.79 Å². The van der Waals surface area contributed by atoms with Gasteiger partial charge in [-0.2, -0.15) is 0 Å². The number of benzene rings is 1. The van der Waals surface area contributed by atoms with E-state index in [1.54, 1.807) is 4.57 Å². The largest absolute Gasteiger partial charge is 0.317 e. The van der Waals surface area contributed by atoms with E-state index in [0.29, 0.717) is 5.92 Å². The number of fused-ring (bicyclic) bond motifs is 1. The zero-order valence-electron chi connectivity index (χ0n) is 14.7. The second kappa shape index (κ2) is 6.45. The molecule has 0 unspecified atom stereocenters. The molecule has 128 valence electrons. The summed E-state index contributed by atoms with van der Waals surface area (Å²) in [6.45, 7) is 6.06. The average molecular weight is 333 g/mol. The van der Waals surface area contributed by atoms with E-state index in [2.05, 4.69) is 10.3 Å². The van der Waals surface area contributed by atoms with Crippen LogP contribution >= 0.6 is 0 Å². The van der Waals surface area contributed by atoms with Gasteiger partial charge in [0.25, 0.3) is 5.91 Å². The van der Waals surface area contributed by atoms with Gasteiger partial charge in [0.15, 0.2) is 0 Å². The lowest BCUT2D eigenvalue weighted by molar-refractivity contribution is 0.0964. The van der Waals surface area contributed by atoms with Crippen LogP contribution in [0.2, 0.25) is 0 Å². The number of carbonyl (C=O) groups is 1. The molecule has 4 rings (SSSR count). The molecule has 1 aliphatic rings. The highest BCUT2D eigenvalue weighted by Gasteiger charge is 2.23. The first kappa shape index (κ1) is 16.0. The summed E-state index contributed by atoms with van der Waals surface area (Å²) < 4.78 is 1.79. The first-order valence-electron chi connectivity index (χ1n) is 8.94. The lowest BCUT2D eigenvalue weighted by Crippen LogP contribution is -2.26. The second-order valence-corrected chi connectivity index (χ2v) is 6.97. The number of nitrogens with one attached hydrogen (secondary N) is 1. The molecule has 4 nitrogen and oxygen atoms in total. The molecule has 4 heteroatoms. The van der Waals surface area contributed by atoms with Crippen molar-refractivity contribution >= 4 is 16.9 Å². The Bertz CT molecular complexity index is 935. The Morgan fingerprint density at radius 1 is 1.20 bits per heavy atom. The molecule has 1 fully saturated rings. The molecular formula is C21H23N3O. The number of aryl methyl sites for hydroxylation is 2. The van der Waals surface area contributed by atoms with Gasteiger partial charge in [-0.1, -0.05) is 17.7 Å². The van der Waals surface area contributed by atoms with Crippen LogP contribution in [0.5, 0.6) is 0 Å². The topological polar surface area (TPSA) is 46.9 Å². The fraction of sp³-hybridized carbons (Fsp3) is 0.333. The number of nitrogens with zero attached hydrogens (tertiary/aromatic N) is 2. The minimum absolute atomic E-state index is 0.0272. The number of carbonyl (C=O) groups excluding carboxylic acids is 1. The molecule has 0 spiro atoms. The first-order chi connectivity index (χ1) is 12.1. The third-order valence-corrected chi connectivity index (χ3v) is 5.21. The van der Waals surface area contributed by atoms with E-state index in [0.717, 1.165) is 53.7 Å². The van der Waals surface area contributed by atoms with Gasteiger partial charge in [0.1, 0.15) is 0 Å². The molecule has 1 aliphatic heterocycles. The molecule has 0 aliphatic carbocycles. The summed E-state index contributed by atoms with van der Waals surface area (Å²) in [6.07, 6.45) is 6.03. The van der Waals surface area contributed by atoms with Crippen LogP contribution in [0, 0.1) is 13.8 Å². The van der Waals surface area contributed by atoms with Crippen molar-refractivity contribution in [3.8, 4) is 0 Å². The smallest absolute Gasteiger partial charge is 0.262 e. The standard InChI is InChI=1S/C21H23N3O/c1-14-5-6-15(2)17(12-14)21(25)24-13-18(16-7-10-22-11-8-16)20-19(24)4-3-9-23-20/h3-6,9,12-13,16,22H,7-8,10-11H2,1-2H3. The fourth-order valence-corrected chi connectivity index (χ4v) is 3.78. The molecule has 0 bridgehead atoms. The van der Waals surface area contributed by atoms with Crippen molar-refractivity contribution in [1.29, 1.82) is 0 Å². The maximum Gasteiger partial charge on any atom is 0.262 e. The molecule has 1 N–H and O–H groups in total. The highest BCUT2D eigenvalue weighted by molar-refractivity contribution is 6.03. The van der Waals surface area contributed by atoms with Crippen LogP contribution in [-0.4, -0.2) is 28.5 Å². The summed E-state index contributed by atoms with van der Waals surface area (Å²) in [5.41, 5.74) is 5.94. The number of aromatic nitrogens is 2. The van der Waals surface area contributed by atoms with Gasteiger partial charge in [0.2, 0.25) is 0 Å². The molecule has 0 atom stereocenters. The van der Waals surface area contributed by atoms with Gasteiger partial charge in [-0.05, 0) is 75.0 Å². The predicted molar refractivity (Wildman–Crippen MR) is 100 cm³/mol. The summed E-state index contributed by atoms with van der Waals surface area (Å²) in [7, 11) is 0. The lowest BCUT2D eigenvalue weighted by Gasteiger charge is -2.21. The van der Waals surface area contributed by atoms with Crippen molar-refractivity contribution in [2.24, 2.45) is 0 Å². The zero-order valence-corrected chi connectivity index (χ0v) is 14.7. The lowest BCUT2D eigenvalue weighted by atomic mass is 9.91. The number of pyridine rings is 1. The maximum atomic E-state index is 13.3. The summed E-state index contributed by atoms with van der Waals surface area (Å²) in [5.74, 6) is 0.491. The summed E-state index contributed by atoms with van der Waals surface area (Å²) >= 11 is 0. The van der Waals surface area contributed by atoms with Crippen LogP contribution in [0.25, 0.3) is 11.0 Å². The quantitative estimate of drug-likeness (QED) is 0.776.